The standard InChI is InChI=1S/C19H17ClF2N2O4/c1-19(2,3)16(17(26)27)24-9-14(28-18(21)22)13(7-15(24)25)12-6-11(20)5-4-10(12)8-23/h4-7,9,16,18H,1-3H3,(H,26,27). The van der Waals surface area contributed by atoms with Crippen LogP contribution in [0.25, 0.3) is 11.1 Å². The van der Waals surface area contributed by atoms with Gasteiger partial charge in [0.1, 0.15) is 11.8 Å². The van der Waals surface area contributed by atoms with Crippen LogP contribution in [0.3, 0.4) is 0 Å². The second kappa shape index (κ2) is 7.98. The second-order valence-corrected chi connectivity index (χ2v) is 7.52. The van der Waals surface area contributed by atoms with Crippen molar-refractivity contribution in [2.75, 3.05) is 0 Å². The minimum absolute atomic E-state index is 0.0846. The zero-order chi connectivity index (χ0) is 21.2. The van der Waals surface area contributed by atoms with E-state index >= 15 is 0 Å². The van der Waals surface area contributed by atoms with Crippen molar-refractivity contribution in [3.63, 3.8) is 0 Å². The summed E-state index contributed by atoms with van der Waals surface area (Å²) in [6.45, 7) is 1.58. The highest BCUT2D eigenvalue weighted by Crippen LogP contribution is 2.36. The van der Waals surface area contributed by atoms with E-state index in [0.29, 0.717) is 0 Å². The van der Waals surface area contributed by atoms with E-state index in [1.807, 2.05) is 6.07 Å². The van der Waals surface area contributed by atoms with E-state index in [9.17, 15) is 28.7 Å². The number of ether oxygens (including phenoxy) is 1. The van der Waals surface area contributed by atoms with Crippen molar-refractivity contribution < 1.29 is 23.4 Å². The first-order chi connectivity index (χ1) is 13.0. The third-order valence-corrected chi connectivity index (χ3v) is 4.22. The molecule has 1 unspecified atom stereocenters. The van der Waals surface area contributed by atoms with Crippen molar-refractivity contribution in [3.8, 4) is 22.9 Å². The van der Waals surface area contributed by atoms with E-state index in [1.165, 1.54) is 18.2 Å². The lowest BCUT2D eigenvalue weighted by Gasteiger charge is -2.29. The van der Waals surface area contributed by atoms with Crippen molar-refractivity contribution in [1.29, 1.82) is 5.26 Å². The summed E-state index contributed by atoms with van der Waals surface area (Å²) in [5.41, 5.74) is -1.52. The van der Waals surface area contributed by atoms with Gasteiger partial charge in [-0.2, -0.15) is 14.0 Å². The lowest BCUT2D eigenvalue weighted by atomic mass is 9.86. The summed E-state index contributed by atoms with van der Waals surface area (Å²) in [6.07, 6.45) is 0.927. The molecule has 2 rings (SSSR count). The van der Waals surface area contributed by atoms with Crippen LogP contribution >= 0.6 is 11.6 Å². The second-order valence-electron chi connectivity index (χ2n) is 7.08. The number of carboxylic acid groups (broad SMARTS) is 1. The molecule has 6 nitrogen and oxygen atoms in total. The van der Waals surface area contributed by atoms with Crippen LogP contribution in [-0.2, 0) is 4.79 Å². The molecular weight excluding hydrogens is 394 g/mol. The Morgan fingerprint density at radius 1 is 1.29 bits per heavy atom. The number of aromatic nitrogens is 1. The minimum Gasteiger partial charge on any atom is -0.480 e. The lowest BCUT2D eigenvalue weighted by molar-refractivity contribution is -0.144. The Kier molecular flexibility index (Phi) is 6.10. The number of carbonyl (C=O) groups is 1. The van der Waals surface area contributed by atoms with Gasteiger partial charge in [-0.1, -0.05) is 32.4 Å². The number of nitriles is 1. The number of carboxylic acids is 1. The summed E-state index contributed by atoms with van der Waals surface area (Å²) < 4.78 is 31.3. The molecule has 0 amide bonds. The topological polar surface area (TPSA) is 92.3 Å². The van der Waals surface area contributed by atoms with Crippen LogP contribution in [0.4, 0.5) is 8.78 Å². The number of hydrogen-bond acceptors (Lipinski definition) is 4. The molecular formula is C19H17ClF2N2O4. The molecule has 1 atom stereocenters. The Bertz CT molecular complexity index is 1010. The summed E-state index contributed by atoms with van der Waals surface area (Å²) in [7, 11) is 0. The molecule has 1 heterocycles. The fraction of sp³-hybridized carbons (Fsp3) is 0.316. The van der Waals surface area contributed by atoms with Crippen LogP contribution in [0.15, 0.2) is 35.3 Å². The zero-order valence-corrected chi connectivity index (χ0v) is 16.0. The van der Waals surface area contributed by atoms with Gasteiger partial charge in [0.2, 0.25) is 0 Å². The fourth-order valence-electron chi connectivity index (χ4n) is 2.87. The first kappa shape index (κ1) is 21.4. The Morgan fingerprint density at radius 2 is 1.93 bits per heavy atom. The van der Waals surface area contributed by atoms with Gasteiger partial charge >= 0.3 is 12.6 Å². The van der Waals surface area contributed by atoms with Crippen LogP contribution < -0.4 is 10.3 Å². The van der Waals surface area contributed by atoms with Crippen molar-refractivity contribution in [2.45, 2.75) is 33.4 Å². The molecule has 1 aromatic carbocycles. The summed E-state index contributed by atoms with van der Waals surface area (Å²) in [4.78, 5) is 24.4. The van der Waals surface area contributed by atoms with Crippen LogP contribution in [0.5, 0.6) is 5.75 Å². The third kappa shape index (κ3) is 4.49. The van der Waals surface area contributed by atoms with E-state index in [4.69, 9.17) is 11.6 Å². The van der Waals surface area contributed by atoms with E-state index in [0.717, 1.165) is 16.8 Å². The Labute approximate surface area is 164 Å². The maximum Gasteiger partial charge on any atom is 0.387 e. The van der Waals surface area contributed by atoms with Gasteiger partial charge in [0.15, 0.2) is 0 Å². The number of halogens is 3. The maximum atomic E-state index is 13.0. The summed E-state index contributed by atoms with van der Waals surface area (Å²) >= 11 is 5.95. The van der Waals surface area contributed by atoms with E-state index < -0.39 is 35.3 Å². The number of nitrogens with zero attached hydrogens (tertiary/aromatic N) is 2. The highest BCUT2D eigenvalue weighted by Gasteiger charge is 2.34. The molecule has 0 fully saturated rings. The van der Waals surface area contributed by atoms with Gasteiger partial charge in [-0.3, -0.25) is 9.36 Å². The molecule has 28 heavy (non-hydrogen) atoms. The molecule has 148 valence electrons. The van der Waals surface area contributed by atoms with E-state index in [2.05, 4.69) is 4.74 Å². The third-order valence-electron chi connectivity index (χ3n) is 3.98. The lowest BCUT2D eigenvalue weighted by Crippen LogP contribution is -2.37. The fourth-order valence-corrected chi connectivity index (χ4v) is 3.05. The average molecular weight is 411 g/mol. The van der Waals surface area contributed by atoms with Gasteiger partial charge in [0.05, 0.1) is 17.8 Å². The smallest absolute Gasteiger partial charge is 0.387 e. The molecule has 0 saturated carbocycles. The normalized spacial score (nSPS) is 12.5. The number of rotatable bonds is 5. The van der Waals surface area contributed by atoms with Gasteiger partial charge in [0, 0.05) is 22.2 Å². The molecule has 0 aliphatic rings. The molecule has 0 aliphatic heterocycles. The van der Waals surface area contributed by atoms with Gasteiger partial charge in [0.25, 0.3) is 5.56 Å². The molecule has 2 aromatic rings. The molecule has 0 radical (unpaired) electrons. The van der Waals surface area contributed by atoms with Crippen LogP contribution in [0, 0.1) is 16.7 Å². The minimum atomic E-state index is -3.23. The SMILES string of the molecule is CC(C)(C)C(C(=O)O)n1cc(OC(F)F)c(-c2cc(Cl)ccc2C#N)cc1=O. The number of aliphatic carboxylic acids is 1. The van der Waals surface area contributed by atoms with Crippen molar-refractivity contribution in [2.24, 2.45) is 5.41 Å². The summed E-state index contributed by atoms with van der Waals surface area (Å²) in [5.74, 6) is -1.74. The monoisotopic (exact) mass is 410 g/mol. The summed E-state index contributed by atoms with van der Waals surface area (Å²) in [6, 6.07) is 5.70. The van der Waals surface area contributed by atoms with Gasteiger partial charge in [-0.15, -0.1) is 0 Å². The molecule has 9 heteroatoms. The maximum absolute atomic E-state index is 13.0. The Hall–Kier alpha value is -2.92. The largest absolute Gasteiger partial charge is 0.480 e. The molecule has 1 aromatic heterocycles. The predicted octanol–water partition coefficient (Wildman–Crippen LogP) is 4.31. The van der Waals surface area contributed by atoms with Gasteiger partial charge < -0.3 is 9.84 Å². The van der Waals surface area contributed by atoms with Gasteiger partial charge in [-0.05, 0) is 23.6 Å². The van der Waals surface area contributed by atoms with Crippen molar-refractivity contribution in [1.82, 2.24) is 4.57 Å². The van der Waals surface area contributed by atoms with Crippen LogP contribution in [0.2, 0.25) is 5.02 Å². The molecule has 1 N–H and O–H groups in total. The summed E-state index contributed by atoms with van der Waals surface area (Å²) in [5, 5.41) is 19.1. The van der Waals surface area contributed by atoms with E-state index in [1.54, 1.807) is 20.8 Å². The highest BCUT2D eigenvalue weighted by atomic mass is 35.5. The van der Waals surface area contributed by atoms with E-state index in [-0.39, 0.29) is 21.7 Å². The average Bonchev–Trinajstić information content (AvgIpc) is 2.55. The number of pyridine rings is 1. The number of benzene rings is 1. The highest BCUT2D eigenvalue weighted by molar-refractivity contribution is 6.31. The molecule has 0 aliphatic carbocycles. The Morgan fingerprint density at radius 3 is 2.43 bits per heavy atom. The first-order valence-electron chi connectivity index (χ1n) is 8.09. The molecule has 0 bridgehead atoms. The Balaban J connectivity index is 2.82. The number of hydrogen-bond donors (Lipinski definition) is 1. The zero-order valence-electron chi connectivity index (χ0n) is 15.2. The van der Waals surface area contributed by atoms with Crippen molar-refractivity contribution >= 4 is 17.6 Å². The molecule has 0 saturated heterocycles. The van der Waals surface area contributed by atoms with Crippen LogP contribution in [-0.4, -0.2) is 22.3 Å². The van der Waals surface area contributed by atoms with Crippen LogP contribution in [0.1, 0.15) is 32.4 Å². The van der Waals surface area contributed by atoms with Crippen molar-refractivity contribution in [3.05, 3.63) is 51.4 Å². The first-order valence-corrected chi connectivity index (χ1v) is 8.47. The van der Waals surface area contributed by atoms with Gasteiger partial charge in [-0.25, -0.2) is 4.79 Å². The molecule has 0 spiro atoms. The number of alkyl halides is 2. The predicted molar refractivity (Wildman–Crippen MR) is 98.6 cm³/mol. The quantitative estimate of drug-likeness (QED) is 0.792.